The number of phenolic OH excluding ortho intramolecular Hbond substituents is 1. The summed E-state index contributed by atoms with van der Waals surface area (Å²) in [6.45, 7) is 1.89. The summed E-state index contributed by atoms with van der Waals surface area (Å²) in [5, 5.41) is 17.8. The van der Waals surface area contributed by atoms with Gasteiger partial charge in [0.1, 0.15) is 11.9 Å². The first-order valence-electron chi connectivity index (χ1n) is 9.00. The van der Waals surface area contributed by atoms with Crippen molar-refractivity contribution in [1.29, 1.82) is 0 Å². The first kappa shape index (κ1) is 16.8. The molecule has 2 aromatic carbocycles. The van der Waals surface area contributed by atoms with Gasteiger partial charge in [-0.3, -0.25) is 9.59 Å². The summed E-state index contributed by atoms with van der Waals surface area (Å²) in [6.07, 6.45) is 1.87. The van der Waals surface area contributed by atoms with E-state index in [1.165, 1.54) is 6.07 Å². The van der Waals surface area contributed by atoms with Gasteiger partial charge in [0, 0.05) is 6.42 Å². The Morgan fingerprint density at radius 2 is 2.00 bits per heavy atom. The van der Waals surface area contributed by atoms with Crippen molar-refractivity contribution in [2.24, 2.45) is 5.41 Å². The largest absolute Gasteiger partial charge is 0.507 e. The van der Waals surface area contributed by atoms with E-state index in [1.54, 1.807) is 6.07 Å². The van der Waals surface area contributed by atoms with Crippen molar-refractivity contribution in [1.82, 2.24) is 10.6 Å². The highest BCUT2D eigenvalue weighted by Crippen LogP contribution is 2.41. The second-order valence-corrected chi connectivity index (χ2v) is 7.15. The van der Waals surface area contributed by atoms with Crippen LogP contribution in [0.3, 0.4) is 0 Å². The third kappa shape index (κ3) is 2.90. The van der Waals surface area contributed by atoms with Gasteiger partial charge in [-0.1, -0.05) is 30.3 Å². The Bertz CT molecular complexity index is 858. The van der Waals surface area contributed by atoms with E-state index < -0.39 is 5.41 Å². The van der Waals surface area contributed by atoms with E-state index in [2.05, 4.69) is 10.6 Å². The lowest BCUT2D eigenvalue weighted by Gasteiger charge is -2.29. The zero-order chi connectivity index (χ0) is 18.1. The molecule has 6 heteroatoms. The van der Waals surface area contributed by atoms with Crippen LogP contribution >= 0.6 is 0 Å². The van der Waals surface area contributed by atoms with Gasteiger partial charge in [0.2, 0.25) is 0 Å². The van der Waals surface area contributed by atoms with Crippen LogP contribution < -0.4 is 10.6 Å². The molecule has 0 saturated carbocycles. The van der Waals surface area contributed by atoms with Crippen LogP contribution in [0.15, 0.2) is 36.4 Å². The minimum absolute atomic E-state index is 0.0561. The highest BCUT2D eigenvalue weighted by atomic mass is 16.6. The molecule has 4 rings (SSSR count). The number of ether oxygens (including phenoxy) is 1. The van der Waals surface area contributed by atoms with Crippen LogP contribution in [0.4, 0.5) is 0 Å². The van der Waals surface area contributed by atoms with Gasteiger partial charge in [-0.25, -0.2) is 0 Å². The predicted molar refractivity (Wildman–Crippen MR) is 97.0 cm³/mol. The fraction of sp³-hybridized carbons (Fsp3) is 0.400. The molecule has 1 atom stereocenters. The van der Waals surface area contributed by atoms with Gasteiger partial charge in [0.25, 0.3) is 5.91 Å². The number of phenols is 1. The molecule has 1 amide bonds. The number of carbonyl (C=O) groups is 2. The lowest BCUT2D eigenvalue weighted by atomic mass is 9.76. The van der Waals surface area contributed by atoms with Crippen LogP contribution in [0.25, 0.3) is 10.8 Å². The van der Waals surface area contributed by atoms with Crippen molar-refractivity contribution >= 4 is 22.6 Å². The minimum Gasteiger partial charge on any atom is -0.507 e. The van der Waals surface area contributed by atoms with E-state index in [1.807, 2.05) is 24.3 Å². The number of fused-ring (bicyclic) bond motifs is 1. The van der Waals surface area contributed by atoms with Crippen LogP contribution in [0.5, 0.6) is 5.75 Å². The van der Waals surface area contributed by atoms with E-state index in [9.17, 15) is 14.7 Å². The number of rotatable bonds is 3. The van der Waals surface area contributed by atoms with Crippen LogP contribution in [-0.4, -0.2) is 42.7 Å². The summed E-state index contributed by atoms with van der Waals surface area (Å²) in [5.41, 5.74) is -0.147. The maximum atomic E-state index is 12.7. The predicted octanol–water partition coefficient (Wildman–Crippen LogP) is 1.96. The number of hydrogen-bond donors (Lipinski definition) is 3. The third-order valence-corrected chi connectivity index (χ3v) is 5.51. The molecule has 2 fully saturated rings. The Kier molecular flexibility index (Phi) is 4.28. The number of cyclic esters (lactones) is 1. The Hall–Kier alpha value is -2.60. The molecule has 1 spiro atoms. The minimum atomic E-state index is -0.401. The molecule has 2 heterocycles. The number of esters is 1. The average molecular weight is 354 g/mol. The summed E-state index contributed by atoms with van der Waals surface area (Å²) in [6, 6.07) is 10.7. The van der Waals surface area contributed by atoms with Crippen molar-refractivity contribution in [3.63, 3.8) is 0 Å². The number of amides is 1. The van der Waals surface area contributed by atoms with E-state index in [4.69, 9.17) is 4.74 Å². The second-order valence-electron chi connectivity index (χ2n) is 7.15. The van der Waals surface area contributed by atoms with Crippen molar-refractivity contribution in [2.45, 2.75) is 25.4 Å². The van der Waals surface area contributed by atoms with Crippen LogP contribution in [-0.2, 0) is 9.53 Å². The Labute approximate surface area is 151 Å². The first-order valence-corrected chi connectivity index (χ1v) is 9.00. The van der Waals surface area contributed by atoms with Gasteiger partial charge < -0.3 is 20.5 Å². The maximum absolute atomic E-state index is 12.7. The molecule has 2 aliphatic rings. The summed E-state index contributed by atoms with van der Waals surface area (Å²) in [4.78, 5) is 25.0. The van der Waals surface area contributed by atoms with E-state index in [-0.39, 0.29) is 35.8 Å². The normalized spacial score (nSPS) is 21.7. The highest BCUT2D eigenvalue weighted by Gasteiger charge is 2.49. The van der Waals surface area contributed by atoms with Gasteiger partial charge in [-0.2, -0.15) is 0 Å². The Morgan fingerprint density at radius 3 is 2.81 bits per heavy atom. The van der Waals surface area contributed by atoms with Gasteiger partial charge in [-0.05, 0) is 42.8 Å². The van der Waals surface area contributed by atoms with Crippen molar-refractivity contribution < 1.29 is 19.4 Å². The van der Waals surface area contributed by atoms with E-state index in [0.717, 1.165) is 31.3 Å². The molecule has 0 radical (unpaired) electrons. The van der Waals surface area contributed by atoms with Crippen LogP contribution in [0.1, 0.15) is 29.6 Å². The number of hydrogen-bond acceptors (Lipinski definition) is 5. The van der Waals surface area contributed by atoms with Gasteiger partial charge in [0.15, 0.2) is 0 Å². The Balaban J connectivity index is 1.47. The fourth-order valence-electron chi connectivity index (χ4n) is 4.06. The van der Waals surface area contributed by atoms with E-state index in [0.29, 0.717) is 11.8 Å². The third-order valence-electron chi connectivity index (χ3n) is 5.51. The maximum Gasteiger partial charge on any atom is 0.312 e. The summed E-state index contributed by atoms with van der Waals surface area (Å²) >= 11 is 0. The molecule has 1 unspecified atom stereocenters. The smallest absolute Gasteiger partial charge is 0.312 e. The molecule has 26 heavy (non-hydrogen) atoms. The van der Waals surface area contributed by atoms with Crippen LogP contribution in [0.2, 0.25) is 0 Å². The zero-order valence-corrected chi connectivity index (χ0v) is 14.5. The summed E-state index contributed by atoms with van der Waals surface area (Å²) < 4.78 is 5.51. The molecule has 2 aliphatic heterocycles. The number of aromatic hydroxyl groups is 1. The van der Waals surface area contributed by atoms with Gasteiger partial charge >= 0.3 is 5.97 Å². The van der Waals surface area contributed by atoms with Crippen LogP contribution in [0, 0.1) is 5.41 Å². The molecule has 0 bridgehead atoms. The molecule has 6 nitrogen and oxygen atoms in total. The zero-order valence-electron chi connectivity index (χ0n) is 14.5. The SMILES string of the molecule is O=C(NCC1CC2(CCNCC2)C(=O)O1)c1c(O)ccc2ccccc12. The molecule has 0 aliphatic carbocycles. The number of nitrogens with one attached hydrogen (secondary N) is 2. The monoisotopic (exact) mass is 354 g/mol. The molecule has 3 N–H and O–H groups in total. The molecule has 136 valence electrons. The van der Waals surface area contributed by atoms with Crippen molar-refractivity contribution in [3.05, 3.63) is 42.0 Å². The topological polar surface area (TPSA) is 87.7 Å². The van der Waals surface area contributed by atoms with Gasteiger partial charge in [0.05, 0.1) is 17.5 Å². The van der Waals surface area contributed by atoms with Crippen molar-refractivity contribution in [3.8, 4) is 5.75 Å². The number of benzene rings is 2. The molecular formula is C20H22N2O4. The highest BCUT2D eigenvalue weighted by molar-refractivity contribution is 6.09. The average Bonchev–Trinajstić information content (AvgIpc) is 2.95. The Morgan fingerprint density at radius 1 is 1.23 bits per heavy atom. The lowest BCUT2D eigenvalue weighted by Crippen LogP contribution is -2.39. The molecular weight excluding hydrogens is 332 g/mol. The number of carbonyl (C=O) groups excluding carboxylic acids is 2. The van der Waals surface area contributed by atoms with Gasteiger partial charge in [-0.15, -0.1) is 0 Å². The first-order chi connectivity index (χ1) is 12.6. The number of piperidine rings is 1. The fourth-order valence-corrected chi connectivity index (χ4v) is 4.06. The molecule has 2 saturated heterocycles. The molecule has 2 aromatic rings. The standard InChI is InChI=1S/C20H22N2O4/c23-16-6-5-13-3-1-2-4-15(13)17(16)18(24)22-12-14-11-20(19(25)26-14)7-9-21-10-8-20/h1-6,14,21,23H,7-12H2,(H,22,24). The quantitative estimate of drug-likeness (QED) is 0.734. The lowest BCUT2D eigenvalue weighted by molar-refractivity contribution is -0.149. The van der Waals surface area contributed by atoms with Crippen molar-refractivity contribution in [2.75, 3.05) is 19.6 Å². The van der Waals surface area contributed by atoms with E-state index >= 15 is 0 Å². The second kappa shape index (κ2) is 6.61. The summed E-state index contributed by atoms with van der Waals surface area (Å²) in [5.74, 6) is -0.563. The molecule has 0 aromatic heterocycles. The summed E-state index contributed by atoms with van der Waals surface area (Å²) in [7, 11) is 0.